The fourth-order valence-electron chi connectivity index (χ4n) is 1.65. The molecule has 0 bridgehead atoms. The van der Waals surface area contributed by atoms with Gasteiger partial charge in [-0.1, -0.05) is 6.92 Å². The third-order valence-corrected chi connectivity index (χ3v) is 2.63. The van der Waals surface area contributed by atoms with Crippen molar-refractivity contribution in [2.24, 2.45) is 0 Å². The Labute approximate surface area is 109 Å². The van der Waals surface area contributed by atoms with E-state index >= 15 is 0 Å². The lowest BCUT2D eigenvalue weighted by Gasteiger charge is -2.19. The number of carbonyl (C=O) groups is 1. The summed E-state index contributed by atoms with van der Waals surface area (Å²) in [7, 11) is 0. The van der Waals surface area contributed by atoms with Crippen molar-refractivity contribution in [2.75, 3.05) is 0 Å². The van der Waals surface area contributed by atoms with Gasteiger partial charge in [-0.15, -0.1) is 0 Å². The molecule has 0 saturated heterocycles. The average molecular weight is 305 g/mol. The highest BCUT2D eigenvalue weighted by Crippen LogP contribution is 2.43. The van der Waals surface area contributed by atoms with Crippen LogP contribution in [-0.2, 0) is 18.8 Å². The molecule has 1 aromatic rings. The van der Waals surface area contributed by atoms with Crippen molar-refractivity contribution in [1.82, 2.24) is 0 Å². The van der Waals surface area contributed by atoms with Crippen molar-refractivity contribution in [2.45, 2.75) is 25.7 Å². The third-order valence-electron chi connectivity index (χ3n) is 2.42. The Morgan fingerprint density at radius 1 is 1.11 bits per heavy atom. The van der Waals surface area contributed by atoms with E-state index in [1.165, 1.54) is 6.92 Å². The van der Waals surface area contributed by atoms with Gasteiger partial charge in [0.2, 0.25) is 0 Å². The lowest BCUT2D eigenvalue weighted by molar-refractivity contribution is -0.162. The van der Waals surface area contributed by atoms with Gasteiger partial charge in [0.05, 0.1) is 11.1 Å². The van der Waals surface area contributed by atoms with Gasteiger partial charge < -0.3 is 0 Å². The van der Waals surface area contributed by atoms with Crippen LogP contribution in [0, 0.1) is 0 Å². The normalized spacial score (nSPS) is 12.6. The molecule has 0 N–H and O–H groups in total. The summed E-state index contributed by atoms with van der Waals surface area (Å²) in [4.78, 5) is 10.9. The van der Waals surface area contributed by atoms with Crippen molar-refractivity contribution in [3.63, 3.8) is 0 Å². The Morgan fingerprint density at radius 3 is 1.95 bits per heavy atom. The molecule has 106 valence electrons. The van der Waals surface area contributed by atoms with Gasteiger partial charge in [-0.05, 0) is 35.7 Å². The van der Waals surface area contributed by atoms with Gasteiger partial charge in [0.15, 0.2) is 0 Å². The van der Waals surface area contributed by atoms with Gasteiger partial charge in [-0.2, -0.15) is 26.3 Å². The first-order valence-electron chi connectivity index (χ1n) is 4.99. The molecule has 19 heavy (non-hydrogen) atoms. The van der Waals surface area contributed by atoms with E-state index in [-0.39, 0.29) is 12.5 Å². The van der Waals surface area contributed by atoms with Crippen molar-refractivity contribution in [3.05, 3.63) is 34.4 Å². The summed E-state index contributed by atoms with van der Waals surface area (Å²) in [5.41, 5.74) is -4.90. The zero-order chi connectivity index (χ0) is 15.0. The lowest BCUT2D eigenvalue weighted by atomic mass is 9.95. The smallest absolute Gasteiger partial charge is 0.276 e. The van der Waals surface area contributed by atoms with Gasteiger partial charge >= 0.3 is 12.4 Å². The van der Waals surface area contributed by atoms with Gasteiger partial charge in [0, 0.05) is 5.56 Å². The van der Waals surface area contributed by atoms with Crippen LogP contribution in [0.4, 0.5) is 26.3 Å². The summed E-state index contributed by atoms with van der Waals surface area (Å²) < 4.78 is 76.3. The molecule has 0 spiro atoms. The van der Waals surface area contributed by atoms with E-state index in [2.05, 4.69) is 0 Å². The zero-order valence-electron chi connectivity index (χ0n) is 9.42. The first kappa shape index (κ1) is 15.8. The molecule has 0 aliphatic carbocycles. The first-order valence-corrected chi connectivity index (χ1v) is 5.37. The zero-order valence-corrected chi connectivity index (χ0v) is 10.2. The second-order valence-electron chi connectivity index (χ2n) is 3.68. The van der Waals surface area contributed by atoms with Crippen molar-refractivity contribution >= 4 is 16.8 Å². The van der Waals surface area contributed by atoms with E-state index in [0.717, 1.165) is 6.07 Å². The van der Waals surface area contributed by atoms with Crippen molar-refractivity contribution in [3.8, 4) is 0 Å². The largest absolute Gasteiger partial charge is 0.417 e. The minimum absolute atomic E-state index is 0.122. The van der Waals surface area contributed by atoms with E-state index in [0.29, 0.717) is 0 Å². The molecule has 0 amide bonds. The molecule has 0 aliphatic heterocycles. The van der Waals surface area contributed by atoms with E-state index < -0.39 is 39.8 Å². The summed E-state index contributed by atoms with van der Waals surface area (Å²) >= 11 is 5.03. The average Bonchev–Trinajstić information content (AvgIpc) is 2.24. The lowest BCUT2D eigenvalue weighted by Crippen LogP contribution is -2.20. The quantitative estimate of drug-likeness (QED) is 0.573. The first-order chi connectivity index (χ1) is 8.48. The molecule has 0 aliphatic rings. The predicted octanol–water partition coefficient (Wildman–Crippen LogP) is 4.67. The Kier molecular flexibility index (Phi) is 4.19. The second kappa shape index (κ2) is 5.03. The van der Waals surface area contributed by atoms with Gasteiger partial charge in [0.25, 0.3) is 5.24 Å². The fourth-order valence-corrected chi connectivity index (χ4v) is 1.76. The standard InChI is InChI=1S/C11H7ClF6O/c1-2-5-3-6(9(12)19)4-7(10(13,14)15)8(5)11(16,17)18/h3-4H,2H2,1H3. The molecule has 0 atom stereocenters. The van der Waals surface area contributed by atoms with Crippen LogP contribution in [-0.4, -0.2) is 5.24 Å². The summed E-state index contributed by atoms with van der Waals surface area (Å²) in [5, 5.41) is -1.24. The SMILES string of the molecule is CCc1cc(C(=O)Cl)cc(C(F)(F)F)c1C(F)(F)F. The molecule has 1 nitrogen and oxygen atoms in total. The Morgan fingerprint density at radius 2 is 1.63 bits per heavy atom. The summed E-state index contributed by atoms with van der Waals surface area (Å²) in [6, 6.07) is 0.852. The Hall–Kier alpha value is -1.24. The van der Waals surface area contributed by atoms with Crippen LogP contribution in [0.15, 0.2) is 12.1 Å². The molecule has 0 fully saturated rings. The van der Waals surface area contributed by atoms with Gasteiger partial charge in [-0.3, -0.25) is 4.79 Å². The highest BCUT2D eigenvalue weighted by Gasteiger charge is 2.45. The molecule has 0 aromatic heterocycles. The maximum atomic E-state index is 12.7. The number of rotatable bonds is 2. The molecular formula is C11H7ClF6O. The fraction of sp³-hybridized carbons (Fsp3) is 0.364. The van der Waals surface area contributed by atoms with E-state index in [1.54, 1.807) is 0 Å². The minimum Gasteiger partial charge on any atom is -0.276 e. The van der Waals surface area contributed by atoms with Gasteiger partial charge in [-0.25, -0.2) is 0 Å². The van der Waals surface area contributed by atoms with Crippen LogP contribution in [0.3, 0.4) is 0 Å². The summed E-state index contributed by atoms with van der Waals surface area (Å²) in [6.07, 6.45) is -10.7. The predicted molar refractivity (Wildman–Crippen MR) is 56.0 cm³/mol. The molecule has 0 saturated carbocycles. The Balaban J connectivity index is 3.73. The number of benzene rings is 1. The van der Waals surface area contributed by atoms with Crippen LogP contribution < -0.4 is 0 Å². The van der Waals surface area contributed by atoms with Crippen molar-refractivity contribution < 1.29 is 31.1 Å². The molecule has 0 unspecified atom stereocenters. The monoisotopic (exact) mass is 304 g/mol. The number of carbonyl (C=O) groups excluding carboxylic acids is 1. The number of hydrogen-bond acceptors (Lipinski definition) is 1. The number of halogens is 7. The van der Waals surface area contributed by atoms with E-state index in [1.807, 2.05) is 0 Å². The topological polar surface area (TPSA) is 17.1 Å². The minimum atomic E-state index is -5.23. The number of aryl methyl sites for hydroxylation is 1. The van der Waals surface area contributed by atoms with Crippen LogP contribution in [0.5, 0.6) is 0 Å². The molecule has 1 aromatic carbocycles. The number of alkyl halides is 6. The van der Waals surface area contributed by atoms with Crippen LogP contribution in [0.1, 0.15) is 34.0 Å². The highest BCUT2D eigenvalue weighted by atomic mass is 35.5. The molecule has 1 rings (SSSR count). The molecule has 0 radical (unpaired) electrons. The summed E-state index contributed by atoms with van der Waals surface area (Å²) in [5.74, 6) is 0. The van der Waals surface area contributed by atoms with Gasteiger partial charge in [0.1, 0.15) is 0 Å². The molecular weight excluding hydrogens is 298 g/mol. The maximum absolute atomic E-state index is 12.7. The van der Waals surface area contributed by atoms with E-state index in [4.69, 9.17) is 11.6 Å². The summed E-state index contributed by atoms with van der Waals surface area (Å²) in [6.45, 7) is 1.26. The molecule has 0 heterocycles. The molecule has 8 heteroatoms. The van der Waals surface area contributed by atoms with Crippen LogP contribution >= 0.6 is 11.6 Å². The second-order valence-corrected chi connectivity index (χ2v) is 4.02. The van der Waals surface area contributed by atoms with Crippen molar-refractivity contribution in [1.29, 1.82) is 0 Å². The van der Waals surface area contributed by atoms with Crippen LogP contribution in [0.2, 0.25) is 0 Å². The number of hydrogen-bond donors (Lipinski definition) is 0. The third kappa shape index (κ3) is 3.40. The van der Waals surface area contributed by atoms with E-state index in [9.17, 15) is 31.1 Å². The Bertz CT molecular complexity index is 503. The van der Waals surface area contributed by atoms with Crippen LogP contribution in [0.25, 0.3) is 0 Å². The maximum Gasteiger partial charge on any atom is 0.417 e. The highest BCUT2D eigenvalue weighted by molar-refractivity contribution is 6.67.